The molecule has 0 amide bonds. The first kappa shape index (κ1) is 15.8. The van der Waals surface area contributed by atoms with Crippen LogP contribution < -0.4 is 10.5 Å². The summed E-state index contributed by atoms with van der Waals surface area (Å²) >= 11 is 1.44. The van der Waals surface area contributed by atoms with Gasteiger partial charge in [0, 0.05) is 10.9 Å². The number of hydrogen-bond donors (Lipinski definition) is 1. The van der Waals surface area contributed by atoms with Gasteiger partial charge >= 0.3 is 6.36 Å². The second-order valence-corrected chi connectivity index (χ2v) is 5.74. The van der Waals surface area contributed by atoms with E-state index >= 15 is 0 Å². The van der Waals surface area contributed by atoms with Crippen molar-refractivity contribution >= 4 is 11.3 Å². The normalized spacial score (nSPS) is 14.8. The minimum atomic E-state index is -4.68. The number of hydrogen-bond acceptors (Lipinski definition) is 4. The third-order valence-corrected chi connectivity index (χ3v) is 4.23. The van der Waals surface area contributed by atoms with Crippen LogP contribution in [0.1, 0.15) is 25.3 Å². The summed E-state index contributed by atoms with van der Waals surface area (Å²) < 4.78 is 40.1. The van der Waals surface area contributed by atoms with Gasteiger partial charge in [-0.3, -0.25) is 0 Å². The Bertz CT molecular complexity index is 605. The summed E-state index contributed by atoms with van der Waals surface area (Å²) in [6.07, 6.45) is -3.93. The SMILES string of the molecule is CCC(C)(N)c1nc(-c2ccc(OC(F)(F)F)cc2)cs1. The van der Waals surface area contributed by atoms with Gasteiger partial charge in [-0.05, 0) is 37.6 Å². The fourth-order valence-corrected chi connectivity index (χ4v) is 2.62. The maximum Gasteiger partial charge on any atom is 0.573 e. The predicted molar refractivity (Wildman–Crippen MR) is 76.1 cm³/mol. The lowest BCUT2D eigenvalue weighted by Gasteiger charge is -2.18. The highest BCUT2D eigenvalue weighted by atomic mass is 32.1. The van der Waals surface area contributed by atoms with Gasteiger partial charge in [-0.25, -0.2) is 4.98 Å². The molecule has 2 rings (SSSR count). The molecule has 0 spiro atoms. The highest BCUT2D eigenvalue weighted by Gasteiger charge is 2.31. The fraction of sp³-hybridized carbons (Fsp3) is 0.357. The maximum absolute atomic E-state index is 12.1. The van der Waals surface area contributed by atoms with Crippen LogP contribution >= 0.6 is 11.3 Å². The van der Waals surface area contributed by atoms with Gasteiger partial charge in [-0.15, -0.1) is 24.5 Å². The summed E-state index contributed by atoms with van der Waals surface area (Å²) in [5.41, 5.74) is 7.04. The molecule has 0 radical (unpaired) electrons. The largest absolute Gasteiger partial charge is 0.573 e. The quantitative estimate of drug-likeness (QED) is 0.915. The Labute approximate surface area is 124 Å². The Morgan fingerprint density at radius 2 is 1.86 bits per heavy atom. The second-order valence-electron chi connectivity index (χ2n) is 4.88. The van der Waals surface area contributed by atoms with E-state index in [1.807, 2.05) is 19.2 Å². The number of ether oxygens (including phenoxy) is 1. The van der Waals surface area contributed by atoms with E-state index in [-0.39, 0.29) is 5.75 Å². The summed E-state index contributed by atoms with van der Waals surface area (Å²) in [5, 5.41) is 2.64. The van der Waals surface area contributed by atoms with Crippen molar-refractivity contribution in [2.24, 2.45) is 5.73 Å². The average molecular weight is 316 g/mol. The van der Waals surface area contributed by atoms with Crippen LogP contribution in [0.15, 0.2) is 29.6 Å². The van der Waals surface area contributed by atoms with Gasteiger partial charge in [-0.2, -0.15) is 0 Å². The molecule has 0 aliphatic rings. The molecule has 0 fully saturated rings. The zero-order valence-corrected chi connectivity index (χ0v) is 12.4. The second kappa shape index (κ2) is 5.65. The predicted octanol–water partition coefficient (Wildman–Crippen LogP) is 4.29. The first-order valence-corrected chi connectivity index (χ1v) is 7.20. The fourth-order valence-electron chi connectivity index (χ4n) is 1.65. The molecule has 114 valence electrons. The number of aromatic nitrogens is 1. The first-order valence-electron chi connectivity index (χ1n) is 6.32. The van der Waals surface area contributed by atoms with Crippen LogP contribution in [0.5, 0.6) is 5.75 Å². The Morgan fingerprint density at radius 1 is 1.24 bits per heavy atom. The van der Waals surface area contributed by atoms with Crippen LogP contribution in [0.4, 0.5) is 13.2 Å². The van der Waals surface area contributed by atoms with E-state index in [0.717, 1.165) is 17.0 Å². The third-order valence-electron chi connectivity index (χ3n) is 3.11. The smallest absolute Gasteiger partial charge is 0.406 e. The van der Waals surface area contributed by atoms with E-state index in [1.165, 1.54) is 23.5 Å². The molecule has 3 nitrogen and oxygen atoms in total. The number of nitrogens with two attached hydrogens (primary N) is 1. The highest BCUT2D eigenvalue weighted by Crippen LogP contribution is 2.31. The summed E-state index contributed by atoms with van der Waals surface area (Å²) in [4.78, 5) is 4.46. The van der Waals surface area contributed by atoms with Crippen LogP contribution in [0.3, 0.4) is 0 Å². The van der Waals surface area contributed by atoms with Gasteiger partial charge in [0.15, 0.2) is 0 Å². The molecule has 0 bridgehead atoms. The van der Waals surface area contributed by atoms with E-state index in [9.17, 15) is 13.2 Å². The van der Waals surface area contributed by atoms with Crippen molar-refractivity contribution in [1.82, 2.24) is 4.98 Å². The molecule has 0 saturated carbocycles. The average Bonchev–Trinajstić information content (AvgIpc) is 2.88. The van der Waals surface area contributed by atoms with Crippen molar-refractivity contribution in [3.63, 3.8) is 0 Å². The Hall–Kier alpha value is -1.60. The summed E-state index contributed by atoms with van der Waals surface area (Å²) in [6, 6.07) is 5.62. The molecule has 1 aromatic heterocycles. The molecule has 1 unspecified atom stereocenters. The summed E-state index contributed by atoms with van der Waals surface area (Å²) in [6.45, 7) is 3.88. The molecule has 2 aromatic rings. The number of alkyl halides is 3. The monoisotopic (exact) mass is 316 g/mol. The van der Waals surface area contributed by atoms with E-state index in [4.69, 9.17) is 5.73 Å². The summed E-state index contributed by atoms with van der Waals surface area (Å²) in [7, 11) is 0. The number of halogens is 3. The molecular formula is C14H15F3N2OS. The van der Waals surface area contributed by atoms with Gasteiger partial charge in [0.1, 0.15) is 10.8 Å². The van der Waals surface area contributed by atoms with Gasteiger partial charge < -0.3 is 10.5 Å². The molecular weight excluding hydrogens is 301 g/mol. The van der Waals surface area contributed by atoms with Crippen molar-refractivity contribution in [2.75, 3.05) is 0 Å². The lowest BCUT2D eigenvalue weighted by Crippen LogP contribution is -2.31. The van der Waals surface area contributed by atoms with Gasteiger partial charge in [0.25, 0.3) is 0 Å². The van der Waals surface area contributed by atoms with Crippen LogP contribution in [0, 0.1) is 0 Å². The number of nitrogens with zero attached hydrogens (tertiary/aromatic N) is 1. The molecule has 7 heteroatoms. The first-order chi connectivity index (χ1) is 9.71. The highest BCUT2D eigenvalue weighted by molar-refractivity contribution is 7.10. The molecule has 21 heavy (non-hydrogen) atoms. The van der Waals surface area contributed by atoms with E-state index < -0.39 is 11.9 Å². The Balaban J connectivity index is 2.20. The maximum atomic E-state index is 12.1. The van der Waals surface area contributed by atoms with E-state index in [1.54, 1.807) is 12.1 Å². The lowest BCUT2D eigenvalue weighted by atomic mass is 10.0. The minimum absolute atomic E-state index is 0.251. The third kappa shape index (κ3) is 3.95. The van der Waals surface area contributed by atoms with Crippen molar-refractivity contribution in [3.8, 4) is 17.0 Å². The van der Waals surface area contributed by atoms with Crippen molar-refractivity contribution in [1.29, 1.82) is 0 Å². The standard InChI is InChI=1S/C14H15F3N2OS/c1-3-13(2,18)12-19-11(8-21-12)9-4-6-10(7-5-9)20-14(15,16)17/h4-8H,3,18H2,1-2H3. The van der Waals surface area contributed by atoms with Crippen LogP contribution in [-0.4, -0.2) is 11.3 Å². The molecule has 1 atom stereocenters. The Kier molecular flexibility index (Phi) is 4.25. The van der Waals surface area contributed by atoms with Gasteiger partial charge in [-0.1, -0.05) is 6.92 Å². The molecule has 1 aromatic carbocycles. The van der Waals surface area contributed by atoms with Crippen molar-refractivity contribution in [3.05, 3.63) is 34.7 Å². The zero-order chi connectivity index (χ0) is 15.7. The van der Waals surface area contributed by atoms with Crippen LogP contribution in [0.2, 0.25) is 0 Å². The van der Waals surface area contributed by atoms with Crippen molar-refractivity contribution < 1.29 is 17.9 Å². The van der Waals surface area contributed by atoms with E-state index in [0.29, 0.717) is 5.69 Å². The molecule has 0 saturated heterocycles. The molecule has 2 N–H and O–H groups in total. The number of thiazole rings is 1. The lowest BCUT2D eigenvalue weighted by molar-refractivity contribution is -0.274. The molecule has 0 aliphatic heterocycles. The topological polar surface area (TPSA) is 48.1 Å². The van der Waals surface area contributed by atoms with Gasteiger partial charge in [0.2, 0.25) is 0 Å². The van der Waals surface area contributed by atoms with Gasteiger partial charge in [0.05, 0.1) is 11.2 Å². The van der Waals surface area contributed by atoms with Crippen molar-refractivity contribution in [2.45, 2.75) is 32.2 Å². The molecule has 1 heterocycles. The Morgan fingerprint density at radius 3 is 2.38 bits per heavy atom. The van der Waals surface area contributed by atoms with E-state index in [2.05, 4.69) is 9.72 Å². The summed E-state index contributed by atoms with van der Waals surface area (Å²) in [5.74, 6) is -0.251. The zero-order valence-electron chi connectivity index (χ0n) is 11.6. The number of rotatable bonds is 4. The van der Waals surface area contributed by atoms with Crippen LogP contribution in [-0.2, 0) is 5.54 Å². The minimum Gasteiger partial charge on any atom is -0.406 e. The molecule has 0 aliphatic carbocycles. The van der Waals surface area contributed by atoms with Crippen LogP contribution in [0.25, 0.3) is 11.3 Å². The number of benzene rings is 1.